The Bertz CT molecular complexity index is 613. The zero-order valence-corrected chi connectivity index (χ0v) is 11.3. The van der Waals surface area contributed by atoms with Gasteiger partial charge in [0.2, 0.25) is 0 Å². The highest BCUT2D eigenvalue weighted by Gasteiger charge is 2.14. The first-order valence-electron chi connectivity index (χ1n) is 6.55. The van der Waals surface area contributed by atoms with Crippen molar-refractivity contribution in [3.05, 3.63) is 35.0 Å². The van der Waals surface area contributed by atoms with Crippen molar-refractivity contribution in [1.29, 1.82) is 0 Å². The van der Waals surface area contributed by atoms with E-state index in [9.17, 15) is 4.79 Å². The SMILES string of the molecule is CCCc1cn(CCO)c2c(C)cc(C(=O)O)cc12. The molecule has 0 saturated heterocycles. The summed E-state index contributed by atoms with van der Waals surface area (Å²) in [6.07, 6.45) is 3.95. The Kier molecular flexibility index (Phi) is 3.90. The second-order valence-electron chi connectivity index (χ2n) is 4.82. The van der Waals surface area contributed by atoms with Gasteiger partial charge >= 0.3 is 5.97 Å². The van der Waals surface area contributed by atoms with E-state index in [0.717, 1.165) is 34.9 Å². The molecular formula is C15H19NO3. The Morgan fingerprint density at radius 2 is 2.11 bits per heavy atom. The van der Waals surface area contributed by atoms with Crippen LogP contribution in [0.3, 0.4) is 0 Å². The first kappa shape index (κ1) is 13.6. The zero-order chi connectivity index (χ0) is 14.0. The number of fused-ring (bicyclic) bond motifs is 1. The highest BCUT2D eigenvalue weighted by atomic mass is 16.4. The third-order valence-electron chi connectivity index (χ3n) is 3.35. The molecule has 0 atom stereocenters. The highest BCUT2D eigenvalue weighted by Crippen LogP contribution is 2.27. The Balaban J connectivity index is 2.70. The second kappa shape index (κ2) is 5.45. The van der Waals surface area contributed by atoms with Crippen LogP contribution in [0, 0.1) is 6.92 Å². The molecule has 1 heterocycles. The van der Waals surface area contributed by atoms with Crippen molar-refractivity contribution in [1.82, 2.24) is 4.57 Å². The van der Waals surface area contributed by atoms with Crippen LogP contribution in [0.2, 0.25) is 0 Å². The van der Waals surface area contributed by atoms with Crippen molar-refractivity contribution in [2.24, 2.45) is 0 Å². The van der Waals surface area contributed by atoms with Crippen LogP contribution in [0.4, 0.5) is 0 Å². The molecule has 4 nitrogen and oxygen atoms in total. The lowest BCUT2D eigenvalue weighted by molar-refractivity contribution is 0.0697. The molecule has 4 heteroatoms. The number of aryl methyl sites for hydroxylation is 2. The number of carboxylic acids is 1. The summed E-state index contributed by atoms with van der Waals surface area (Å²) < 4.78 is 2.02. The van der Waals surface area contributed by atoms with Gasteiger partial charge in [0.05, 0.1) is 17.7 Å². The Morgan fingerprint density at radius 3 is 2.68 bits per heavy atom. The lowest BCUT2D eigenvalue weighted by Crippen LogP contribution is -2.02. The number of nitrogens with zero attached hydrogens (tertiary/aromatic N) is 1. The second-order valence-corrected chi connectivity index (χ2v) is 4.82. The van der Waals surface area contributed by atoms with Gasteiger partial charge in [-0.05, 0) is 36.6 Å². The minimum absolute atomic E-state index is 0.0788. The van der Waals surface area contributed by atoms with E-state index < -0.39 is 5.97 Å². The number of benzene rings is 1. The summed E-state index contributed by atoms with van der Waals surface area (Å²) in [5.74, 6) is -0.901. The molecule has 0 fully saturated rings. The fourth-order valence-corrected chi connectivity index (χ4v) is 2.60. The number of aliphatic hydroxyl groups excluding tert-OH is 1. The Morgan fingerprint density at radius 1 is 1.37 bits per heavy atom. The van der Waals surface area contributed by atoms with Gasteiger partial charge in [0, 0.05) is 18.1 Å². The van der Waals surface area contributed by atoms with Crippen molar-refractivity contribution >= 4 is 16.9 Å². The molecule has 0 aliphatic heterocycles. The van der Waals surface area contributed by atoms with Gasteiger partial charge in [0.25, 0.3) is 0 Å². The normalized spacial score (nSPS) is 11.1. The number of hydrogen-bond acceptors (Lipinski definition) is 2. The zero-order valence-electron chi connectivity index (χ0n) is 11.3. The molecule has 0 unspecified atom stereocenters. The average molecular weight is 261 g/mol. The summed E-state index contributed by atoms with van der Waals surface area (Å²) in [5, 5.41) is 19.3. The van der Waals surface area contributed by atoms with E-state index in [0.29, 0.717) is 12.1 Å². The molecular weight excluding hydrogens is 242 g/mol. The maximum atomic E-state index is 11.2. The predicted molar refractivity (Wildman–Crippen MR) is 74.7 cm³/mol. The van der Waals surface area contributed by atoms with Crippen LogP contribution in [-0.2, 0) is 13.0 Å². The van der Waals surface area contributed by atoms with Crippen LogP contribution in [0.5, 0.6) is 0 Å². The van der Waals surface area contributed by atoms with Crippen LogP contribution < -0.4 is 0 Å². The molecule has 1 aromatic carbocycles. The molecule has 2 N–H and O–H groups in total. The van der Waals surface area contributed by atoms with Crippen molar-refractivity contribution in [3.8, 4) is 0 Å². The quantitative estimate of drug-likeness (QED) is 0.869. The van der Waals surface area contributed by atoms with Gasteiger partial charge in [-0.3, -0.25) is 0 Å². The van der Waals surface area contributed by atoms with Crippen LogP contribution in [0.15, 0.2) is 18.3 Å². The molecule has 102 valence electrons. The molecule has 0 aliphatic rings. The van der Waals surface area contributed by atoms with E-state index in [4.69, 9.17) is 10.2 Å². The topological polar surface area (TPSA) is 62.5 Å². The van der Waals surface area contributed by atoms with Gasteiger partial charge in [0.1, 0.15) is 0 Å². The van der Waals surface area contributed by atoms with Crippen LogP contribution in [0.1, 0.15) is 34.8 Å². The van der Waals surface area contributed by atoms with Gasteiger partial charge in [-0.15, -0.1) is 0 Å². The third kappa shape index (κ3) is 2.49. The largest absolute Gasteiger partial charge is 0.478 e. The summed E-state index contributed by atoms with van der Waals surface area (Å²) >= 11 is 0. The summed E-state index contributed by atoms with van der Waals surface area (Å²) in [6.45, 7) is 4.63. The maximum Gasteiger partial charge on any atom is 0.335 e. The third-order valence-corrected chi connectivity index (χ3v) is 3.35. The van der Waals surface area contributed by atoms with Crippen molar-refractivity contribution in [2.45, 2.75) is 33.2 Å². The number of carbonyl (C=O) groups is 1. The van der Waals surface area contributed by atoms with E-state index in [2.05, 4.69) is 6.92 Å². The summed E-state index contributed by atoms with van der Waals surface area (Å²) in [7, 11) is 0. The number of aromatic nitrogens is 1. The monoisotopic (exact) mass is 261 g/mol. The molecule has 0 saturated carbocycles. The summed E-state index contributed by atoms with van der Waals surface area (Å²) in [4.78, 5) is 11.2. The molecule has 0 radical (unpaired) electrons. The molecule has 0 amide bonds. The number of rotatable bonds is 5. The molecule has 0 bridgehead atoms. The van der Waals surface area contributed by atoms with E-state index in [1.807, 2.05) is 17.7 Å². The average Bonchev–Trinajstić information content (AvgIpc) is 2.69. The first-order valence-corrected chi connectivity index (χ1v) is 6.55. The van der Waals surface area contributed by atoms with Crippen LogP contribution in [-0.4, -0.2) is 27.4 Å². The molecule has 2 aromatic rings. The standard InChI is InChI=1S/C15H19NO3/c1-3-4-11-9-16(5-6-17)14-10(2)7-12(15(18)19)8-13(11)14/h7-9,17H,3-6H2,1-2H3,(H,18,19). The minimum atomic E-state index is -0.901. The van der Waals surface area contributed by atoms with Crippen LogP contribution >= 0.6 is 0 Å². The molecule has 1 aromatic heterocycles. The number of carboxylic acid groups (broad SMARTS) is 1. The molecule has 2 rings (SSSR count). The van der Waals surface area contributed by atoms with Gasteiger partial charge in [-0.2, -0.15) is 0 Å². The van der Waals surface area contributed by atoms with E-state index >= 15 is 0 Å². The van der Waals surface area contributed by atoms with Gasteiger partial charge in [-0.1, -0.05) is 13.3 Å². The summed E-state index contributed by atoms with van der Waals surface area (Å²) in [5.41, 5.74) is 3.44. The summed E-state index contributed by atoms with van der Waals surface area (Å²) in [6, 6.07) is 3.43. The number of hydrogen-bond donors (Lipinski definition) is 2. The number of aromatic carboxylic acids is 1. The lowest BCUT2D eigenvalue weighted by Gasteiger charge is -2.06. The maximum absolute atomic E-state index is 11.2. The van der Waals surface area contributed by atoms with E-state index in [1.165, 1.54) is 0 Å². The minimum Gasteiger partial charge on any atom is -0.478 e. The van der Waals surface area contributed by atoms with Gasteiger partial charge < -0.3 is 14.8 Å². The highest BCUT2D eigenvalue weighted by molar-refractivity contribution is 5.96. The van der Waals surface area contributed by atoms with Crippen molar-refractivity contribution < 1.29 is 15.0 Å². The number of aliphatic hydroxyl groups is 1. The lowest BCUT2D eigenvalue weighted by atomic mass is 10.0. The molecule has 19 heavy (non-hydrogen) atoms. The fraction of sp³-hybridized carbons (Fsp3) is 0.400. The smallest absolute Gasteiger partial charge is 0.335 e. The van der Waals surface area contributed by atoms with Crippen molar-refractivity contribution in [3.63, 3.8) is 0 Å². The Labute approximate surface area is 112 Å². The van der Waals surface area contributed by atoms with E-state index in [1.54, 1.807) is 12.1 Å². The van der Waals surface area contributed by atoms with E-state index in [-0.39, 0.29) is 6.61 Å². The fourth-order valence-electron chi connectivity index (χ4n) is 2.60. The van der Waals surface area contributed by atoms with Gasteiger partial charge in [-0.25, -0.2) is 4.79 Å². The Hall–Kier alpha value is -1.81. The molecule has 0 spiro atoms. The van der Waals surface area contributed by atoms with Crippen molar-refractivity contribution in [2.75, 3.05) is 6.61 Å². The first-order chi connectivity index (χ1) is 9.08. The molecule has 0 aliphatic carbocycles. The van der Waals surface area contributed by atoms with Gasteiger partial charge in [0.15, 0.2) is 0 Å². The van der Waals surface area contributed by atoms with Crippen LogP contribution in [0.25, 0.3) is 10.9 Å². The predicted octanol–water partition coefficient (Wildman–Crippen LogP) is 2.59.